The van der Waals surface area contributed by atoms with Gasteiger partial charge in [-0.2, -0.15) is 0 Å². The highest BCUT2D eigenvalue weighted by Crippen LogP contribution is 2.32. The summed E-state index contributed by atoms with van der Waals surface area (Å²) < 4.78 is 10.9. The van der Waals surface area contributed by atoms with E-state index in [9.17, 15) is 14.7 Å². The molecule has 1 aromatic carbocycles. The number of ether oxygens (including phenoxy) is 2. The second-order valence-electron chi connectivity index (χ2n) is 5.44. The Morgan fingerprint density at radius 3 is 2.33 bits per heavy atom. The van der Waals surface area contributed by atoms with E-state index >= 15 is 0 Å². The van der Waals surface area contributed by atoms with Crippen LogP contribution in [-0.4, -0.2) is 48.7 Å². The van der Waals surface area contributed by atoms with Crippen molar-refractivity contribution in [1.29, 1.82) is 0 Å². The molecule has 0 aliphatic carbocycles. The number of aliphatic carboxylic acids is 1. The summed E-state index contributed by atoms with van der Waals surface area (Å²) in [6, 6.07) is 5.05. The lowest BCUT2D eigenvalue weighted by molar-refractivity contribution is -0.139. The highest BCUT2D eigenvalue weighted by Gasteiger charge is 2.21. The smallest absolute Gasteiger partial charge is 0.310 e. The van der Waals surface area contributed by atoms with E-state index in [1.807, 2.05) is 20.8 Å². The van der Waals surface area contributed by atoms with E-state index in [0.717, 1.165) is 6.42 Å². The Labute approximate surface area is 143 Å². The van der Waals surface area contributed by atoms with Gasteiger partial charge in [0, 0.05) is 13.1 Å². The van der Waals surface area contributed by atoms with Gasteiger partial charge >= 0.3 is 5.97 Å². The molecule has 0 saturated carbocycles. The van der Waals surface area contributed by atoms with Crippen LogP contribution in [0.1, 0.15) is 45.1 Å². The number of rotatable bonds is 10. The minimum absolute atomic E-state index is 0.0747. The van der Waals surface area contributed by atoms with Crippen LogP contribution in [0.15, 0.2) is 18.2 Å². The molecule has 0 aliphatic heterocycles. The predicted octanol–water partition coefficient (Wildman–Crippen LogP) is 2.91. The molecule has 1 amide bonds. The fourth-order valence-corrected chi connectivity index (χ4v) is 2.55. The molecule has 134 valence electrons. The van der Waals surface area contributed by atoms with Crippen molar-refractivity contribution >= 4 is 11.9 Å². The van der Waals surface area contributed by atoms with Crippen LogP contribution in [0.5, 0.6) is 11.5 Å². The molecule has 0 aliphatic rings. The summed E-state index contributed by atoms with van der Waals surface area (Å²) >= 11 is 0. The Balaban J connectivity index is 2.90. The molecule has 1 atom stereocenters. The summed E-state index contributed by atoms with van der Waals surface area (Å²) in [5.74, 6) is -0.662. The summed E-state index contributed by atoms with van der Waals surface area (Å²) in [4.78, 5) is 25.1. The maximum absolute atomic E-state index is 12.0. The molecule has 0 spiro atoms. The van der Waals surface area contributed by atoms with Crippen molar-refractivity contribution < 1.29 is 24.2 Å². The van der Waals surface area contributed by atoms with Crippen LogP contribution in [-0.2, 0) is 9.59 Å². The molecule has 1 N–H and O–H groups in total. The Hall–Kier alpha value is -2.24. The second-order valence-corrected chi connectivity index (χ2v) is 5.44. The average Bonchev–Trinajstić information content (AvgIpc) is 2.58. The Morgan fingerprint density at radius 1 is 1.17 bits per heavy atom. The van der Waals surface area contributed by atoms with Gasteiger partial charge in [-0.3, -0.25) is 9.59 Å². The van der Waals surface area contributed by atoms with E-state index in [-0.39, 0.29) is 12.5 Å². The van der Waals surface area contributed by atoms with Gasteiger partial charge in [0.15, 0.2) is 18.1 Å². The number of carboxylic acids is 1. The van der Waals surface area contributed by atoms with Crippen LogP contribution in [0.25, 0.3) is 0 Å². The fourth-order valence-electron chi connectivity index (χ4n) is 2.55. The van der Waals surface area contributed by atoms with Crippen molar-refractivity contribution in [2.24, 2.45) is 0 Å². The molecule has 0 aromatic heterocycles. The molecule has 0 saturated heterocycles. The van der Waals surface area contributed by atoms with Crippen LogP contribution in [0, 0.1) is 0 Å². The number of likely N-dealkylation sites (N-methyl/N-ethyl adjacent to an activating group) is 1. The number of carboxylic acid groups (broad SMARTS) is 1. The van der Waals surface area contributed by atoms with E-state index < -0.39 is 11.9 Å². The molecule has 1 aromatic rings. The number of methoxy groups -OCH3 is 1. The minimum Gasteiger partial charge on any atom is -0.493 e. The van der Waals surface area contributed by atoms with Crippen LogP contribution >= 0.6 is 0 Å². The second kappa shape index (κ2) is 9.80. The van der Waals surface area contributed by atoms with Gasteiger partial charge in [-0.05, 0) is 38.0 Å². The quantitative estimate of drug-likeness (QED) is 0.710. The van der Waals surface area contributed by atoms with Crippen LogP contribution in [0.3, 0.4) is 0 Å². The number of carbonyl (C=O) groups excluding carboxylic acids is 1. The maximum Gasteiger partial charge on any atom is 0.310 e. The van der Waals surface area contributed by atoms with Gasteiger partial charge in [-0.25, -0.2) is 0 Å². The molecule has 0 heterocycles. The number of hydrogen-bond acceptors (Lipinski definition) is 4. The average molecular weight is 337 g/mol. The minimum atomic E-state index is -0.857. The zero-order chi connectivity index (χ0) is 18.1. The van der Waals surface area contributed by atoms with Crippen LogP contribution in [0.4, 0.5) is 0 Å². The first-order chi connectivity index (χ1) is 11.5. The van der Waals surface area contributed by atoms with E-state index in [4.69, 9.17) is 9.47 Å². The van der Waals surface area contributed by atoms with Crippen LogP contribution in [0.2, 0.25) is 0 Å². The summed E-state index contributed by atoms with van der Waals surface area (Å²) in [7, 11) is 1.49. The van der Waals surface area contributed by atoms with E-state index in [2.05, 4.69) is 0 Å². The van der Waals surface area contributed by atoms with Crippen LogP contribution < -0.4 is 9.47 Å². The van der Waals surface area contributed by atoms with Gasteiger partial charge in [0.1, 0.15) is 0 Å². The number of benzene rings is 1. The summed E-state index contributed by atoms with van der Waals surface area (Å²) in [6.45, 7) is 6.96. The van der Waals surface area contributed by atoms with Gasteiger partial charge < -0.3 is 19.5 Å². The largest absolute Gasteiger partial charge is 0.493 e. The van der Waals surface area contributed by atoms with Gasteiger partial charge in [-0.15, -0.1) is 0 Å². The monoisotopic (exact) mass is 337 g/mol. The molecular weight excluding hydrogens is 310 g/mol. The lowest BCUT2D eigenvalue weighted by atomic mass is 9.94. The fraction of sp³-hybridized carbons (Fsp3) is 0.556. The summed E-state index contributed by atoms with van der Waals surface area (Å²) in [6.07, 6.45) is 1.33. The predicted molar refractivity (Wildman–Crippen MR) is 91.7 cm³/mol. The van der Waals surface area contributed by atoms with Crippen molar-refractivity contribution in [1.82, 2.24) is 4.90 Å². The van der Waals surface area contributed by atoms with Gasteiger partial charge in [-0.1, -0.05) is 19.4 Å². The molecular formula is C18H27NO5. The number of hydrogen-bond donors (Lipinski definition) is 1. The number of carbonyl (C=O) groups is 2. The Bertz CT molecular complexity index is 554. The third-order valence-electron chi connectivity index (χ3n) is 3.93. The van der Waals surface area contributed by atoms with Gasteiger partial charge in [0.25, 0.3) is 5.91 Å². The molecule has 0 fully saturated rings. The normalized spacial score (nSPS) is 11.7. The first-order valence-electron chi connectivity index (χ1n) is 8.29. The summed E-state index contributed by atoms with van der Waals surface area (Å²) in [5.41, 5.74) is 0.670. The van der Waals surface area contributed by atoms with Gasteiger partial charge in [0.2, 0.25) is 0 Å². The molecule has 0 radical (unpaired) electrons. The third-order valence-corrected chi connectivity index (χ3v) is 3.93. The zero-order valence-electron chi connectivity index (χ0n) is 14.9. The zero-order valence-corrected chi connectivity index (χ0v) is 14.9. The number of amides is 1. The van der Waals surface area contributed by atoms with E-state index in [1.165, 1.54) is 7.11 Å². The van der Waals surface area contributed by atoms with E-state index in [0.29, 0.717) is 36.6 Å². The Morgan fingerprint density at radius 2 is 1.83 bits per heavy atom. The summed E-state index contributed by atoms with van der Waals surface area (Å²) in [5, 5.41) is 9.36. The van der Waals surface area contributed by atoms with E-state index in [1.54, 1.807) is 23.1 Å². The topological polar surface area (TPSA) is 76.1 Å². The van der Waals surface area contributed by atoms with Crippen molar-refractivity contribution in [2.75, 3.05) is 26.8 Å². The van der Waals surface area contributed by atoms with Crippen molar-refractivity contribution in [3.05, 3.63) is 23.8 Å². The van der Waals surface area contributed by atoms with Crippen molar-refractivity contribution in [2.45, 2.75) is 39.5 Å². The lowest BCUT2D eigenvalue weighted by Gasteiger charge is -2.20. The molecule has 1 unspecified atom stereocenters. The highest BCUT2D eigenvalue weighted by atomic mass is 16.5. The van der Waals surface area contributed by atoms with Crippen molar-refractivity contribution in [3.8, 4) is 11.5 Å². The molecule has 6 nitrogen and oxygen atoms in total. The standard InChI is InChI=1S/C18H27NO5/c1-5-8-14(18(21)22)13-9-10-15(16(11-13)23-4)24-12-17(20)19(6-2)7-3/h9-11,14H,5-8,12H2,1-4H3,(H,21,22). The molecule has 0 bridgehead atoms. The third kappa shape index (κ3) is 5.15. The van der Waals surface area contributed by atoms with Gasteiger partial charge in [0.05, 0.1) is 13.0 Å². The SMILES string of the molecule is CCCC(C(=O)O)c1ccc(OCC(=O)N(CC)CC)c(OC)c1. The highest BCUT2D eigenvalue weighted by molar-refractivity contribution is 5.78. The first kappa shape index (κ1) is 19.8. The maximum atomic E-state index is 12.0. The molecule has 1 rings (SSSR count). The molecule has 6 heteroatoms. The first-order valence-corrected chi connectivity index (χ1v) is 8.29. The lowest BCUT2D eigenvalue weighted by Crippen LogP contribution is -2.34. The molecule has 24 heavy (non-hydrogen) atoms. The number of nitrogens with zero attached hydrogens (tertiary/aromatic N) is 1. The van der Waals surface area contributed by atoms with Crippen molar-refractivity contribution in [3.63, 3.8) is 0 Å². The Kier molecular flexibility index (Phi) is 8.09.